The Bertz CT molecular complexity index is 715. The molecule has 21 heavy (non-hydrogen) atoms. The molecule has 0 saturated carbocycles. The molecule has 0 spiro atoms. The first kappa shape index (κ1) is 14.1. The Kier molecular flexibility index (Phi) is 4.23. The fourth-order valence-corrected chi connectivity index (χ4v) is 3.45. The summed E-state index contributed by atoms with van der Waals surface area (Å²) in [6.45, 7) is 2.62. The standard InChI is InChI=1S/C18H18O2S/c1-2-20-15-9-7-13(8-10-15)17(19)11-14-12-21-18-6-4-3-5-16(14)18/h3-10,12,17,19H,2,11H2,1H3. The Hall–Kier alpha value is -1.84. The van der Waals surface area contributed by atoms with Crippen molar-refractivity contribution in [1.29, 1.82) is 0 Å². The molecule has 0 aliphatic carbocycles. The lowest BCUT2D eigenvalue weighted by Gasteiger charge is -2.11. The third-order valence-corrected chi connectivity index (χ3v) is 4.56. The van der Waals surface area contributed by atoms with Crippen molar-refractivity contribution < 1.29 is 9.84 Å². The van der Waals surface area contributed by atoms with Crippen LogP contribution in [-0.4, -0.2) is 11.7 Å². The van der Waals surface area contributed by atoms with E-state index in [0.717, 1.165) is 11.3 Å². The summed E-state index contributed by atoms with van der Waals surface area (Å²) in [4.78, 5) is 0. The summed E-state index contributed by atoms with van der Waals surface area (Å²) >= 11 is 1.73. The molecule has 2 nitrogen and oxygen atoms in total. The van der Waals surface area contributed by atoms with Crippen LogP contribution in [0.4, 0.5) is 0 Å². The molecule has 0 amide bonds. The summed E-state index contributed by atoms with van der Waals surface area (Å²) < 4.78 is 6.69. The molecule has 0 aliphatic heterocycles. The molecule has 1 aromatic heterocycles. The zero-order valence-electron chi connectivity index (χ0n) is 12.0. The van der Waals surface area contributed by atoms with E-state index >= 15 is 0 Å². The van der Waals surface area contributed by atoms with Gasteiger partial charge in [-0.25, -0.2) is 0 Å². The van der Waals surface area contributed by atoms with Crippen LogP contribution >= 0.6 is 11.3 Å². The van der Waals surface area contributed by atoms with Crippen molar-refractivity contribution in [1.82, 2.24) is 0 Å². The van der Waals surface area contributed by atoms with E-state index in [0.29, 0.717) is 13.0 Å². The third-order valence-electron chi connectivity index (χ3n) is 3.55. The summed E-state index contributed by atoms with van der Waals surface area (Å²) in [5.41, 5.74) is 2.13. The first-order valence-electron chi connectivity index (χ1n) is 7.14. The van der Waals surface area contributed by atoms with E-state index in [2.05, 4.69) is 17.5 Å². The van der Waals surface area contributed by atoms with Gasteiger partial charge in [-0.1, -0.05) is 30.3 Å². The minimum atomic E-state index is -0.487. The second-order valence-corrected chi connectivity index (χ2v) is 5.89. The molecule has 3 aromatic rings. The van der Waals surface area contributed by atoms with Crippen molar-refractivity contribution in [3.05, 3.63) is 65.0 Å². The molecule has 2 aromatic carbocycles. The van der Waals surface area contributed by atoms with Gasteiger partial charge in [0.05, 0.1) is 12.7 Å². The Morgan fingerprint density at radius 1 is 1.10 bits per heavy atom. The Labute approximate surface area is 128 Å². The normalized spacial score (nSPS) is 12.5. The molecule has 1 atom stereocenters. The molecule has 0 bridgehead atoms. The number of aliphatic hydroxyl groups is 1. The molecule has 0 radical (unpaired) electrons. The fraction of sp³-hybridized carbons (Fsp3) is 0.222. The predicted octanol–water partition coefficient (Wildman–Crippen LogP) is 4.58. The van der Waals surface area contributed by atoms with E-state index in [9.17, 15) is 5.11 Å². The SMILES string of the molecule is CCOc1ccc(C(O)Cc2csc3ccccc23)cc1. The number of hydrogen-bond donors (Lipinski definition) is 1. The lowest BCUT2D eigenvalue weighted by Crippen LogP contribution is -2.01. The van der Waals surface area contributed by atoms with Crippen molar-refractivity contribution in [3.63, 3.8) is 0 Å². The molecule has 3 heteroatoms. The number of fused-ring (bicyclic) bond motifs is 1. The van der Waals surface area contributed by atoms with Crippen LogP contribution in [0.15, 0.2) is 53.9 Å². The highest BCUT2D eigenvalue weighted by Gasteiger charge is 2.12. The molecule has 0 aliphatic rings. The number of ether oxygens (including phenoxy) is 1. The summed E-state index contributed by atoms with van der Waals surface area (Å²) in [5.74, 6) is 0.842. The zero-order chi connectivity index (χ0) is 14.7. The van der Waals surface area contributed by atoms with Gasteiger partial charge in [0.1, 0.15) is 5.75 Å². The van der Waals surface area contributed by atoms with Gasteiger partial charge in [0, 0.05) is 11.1 Å². The zero-order valence-corrected chi connectivity index (χ0v) is 12.8. The second kappa shape index (κ2) is 6.29. The monoisotopic (exact) mass is 298 g/mol. The maximum Gasteiger partial charge on any atom is 0.119 e. The maximum absolute atomic E-state index is 10.4. The highest BCUT2D eigenvalue weighted by molar-refractivity contribution is 7.17. The highest BCUT2D eigenvalue weighted by Crippen LogP contribution is 2.29. The quantitative estimate of drug-likeness (QED) is 0.747. The van der Waals surface area contributed by atoms with Gasteiger partial charge in [0.2, 0.25) is 0 Å². The number of hydrogen-bond acceptors (Lipinski definition) is 3. The van der Waals surface area contributed by atoms with Gasteiger partial charge in [-0.15, -0.1) is 11.3 Å². The molecular formula is C18H18O2S. The number of thiophene rings is 1. The molecule has 0 saturated heterocycles. The minimum Gasteiger partial charge on any atom is -0.494 e. The average Bonchev–Trinajstić information content (AvgIpc) is 2.92. The summed E-state index contributed by atoms with van der Waals surface area (Å²) in [5, 5.41) is 13.8. The number of benzene rings is 2. The van der Waals surface area contributed by atoms with Crippen molar-refractivity contribution in [2.24, 2.45) is 0 Å². The van der Waals surface area contributed by atoms with Gasteiger partial charge in [0.25, 0.3) is 0 Å². The number of rotatable bonds is 5. The predicted molar refractivity (Wildman–Crippen MR) is 88.1 cm³/mol. The Balaban J connectivity index is 1.77. The van der Waals surface area contributed by atoms with Crippen LogP contribution in [0, 0.1) is 0 Å². The number of aliphatic hydroxyl groups excluding tert-OH is 1. The van der Waals surface area contributed by atoms with Crippen molar-refractivity contribution >= 4 is 21.4 Å². The van der Waals surface area contributed by atoms with Gasteiger partial charge in [0.15, 0.2) is 0 Å². The van der Waals surface area contributed by atoms with Crippen LogP contribution in [0.1, 0.15) is 24.2 Å². The van der Waals surface area contributed by atoms with Gasteiger partial charge in [-0.3, -0.25) is 0 Å². The van der Waals surface area contributed by atoms with Gasteiger partial charge in [-0.2, -0.15) is 0 Å². The largest absolute Gasteiger partial charge is 0.494 e. The molecular weight excluding hydrogens is 280 g/mol. The Morgan fingerprint density at radius 3 is 2.62 bits per heavy atom. The molecule has 1 unspecified atom stereocenters. The van der Waals surface area contributed by atoms with Crippen LogP contribution in [-0.2, 0) is 6.42 Å². The van der Waals surface area contributed by atoms with Crippen LogP contribution in [0.3, 0.4) is 0 Å². The first-order chi connectivity index (χ1) is 10.3. The summed E-state index contributed by atoms with van der Waals surface area (Å²) in [6, 6.07) is 16.0. The molecule has 1 N–H and O–H groups in total. The average molecular weight is 298 g/mol. The highest BCUT2D eigenvalue weighted by atomic mass is 32.1. The van der Waals surface area contributed by atoms with Gasteiger partial charge < -0.3 is 9.84 Å². The smallest absolute Gasteiger partial charge is 0.119 e. The molecule has 3 rings (SSSR count). The van der Waals surface area contributed by atoms with E-state index in [-0.39, 0.29) is 0 Å². The van der Waals surface area contributed by atoms with Crippen LogP contribution in [0.5, 0.6) is 5.75 Å². The van der Waals surface area contributed by atoms with E-state index in [4.69, 9.17) is 4.74 Å². The van der Waals surface area contributed by atoms with Crippen molar-refractivity contribution in [2.75, 3.05) is 6.61 Å². The molecule has 0 fully saturated rings. The van der Waals surface area contributed by atoms with Gasteiger partial charge >= 0.3 is 0 Å². The lowest BCUT2D eigenvalue weighted by atomic mass is 10.0. The van der Waals surface area contributed by atoms with Crippen molar-refractivity contribution in [2.45, 2.75) is 19.4 Å². The van der Waals surface area contributed by atoms with E-state index in [1.807, 2.05) is 43.3 Å². The van der Waals surface area contributed by atoms with Crippen LogP contribution in [0.2, 0.25) is 0 Å². The summed E-state index contributed by atoms with van der Waals surface area (Å²) in [6.07, 6.45) is 0.150. The minimum absolute atomic E-state index is 0.487. The van der Waals surface area contributed by atoms with Crippen molar-refractivity contribution in [3.8, 4) is 5.75 Å². The van der Waals surface area contributed by atoms with Gasteiger partial charge in [-0.05, 0) is 47.0 Å². The maximum atomic E-state index is 10.4. The second-order valence-electron chi connectivity index (χ2n) is 4.98. The Morgan fingerprint density at radius 2 is 1.86 bits per heavy atom. The van der Waals surface area contributed by atoms with Crippen LogP contribution < -0.4 is 4.74 Å². The fourth-order valence-electron chi connectivity index (χ4n) is 2.47. The molecule has 108 valence electrons. The van der Waals surface area contributed by atoms with E-state index in [1.165, 1.54) is 15.6 Å². The topological polar surface area (TPSA) is 29.5 Å². The van der Waals surface area contributed by atoms with E-state index in [1.54, 1.807) is 11.3 Å². The molecule has 1 heterocycles. The first-order valence-corrected chi connectivity index (χ1v) is 8.02. The lowest BCUT2D eigenvalue weighted by molar-refractivity contribution is 0.179. The van der Waals surface area contributed by atoms with Crippen LogP contribution in [0.25, 0.3) is 10.1 Å². The third kappa shape index (κ3) is 3.09. The summed E-state index contributed by atoms with van der Waals surface area (Å²) in [7, 11) is 0. The van der Waals surface area contributed by atoms with E-state index < -0.39 is 6.10 Å².